The lowest BCUT2D eigenvalue weighted by Gasteiger charge is -2.42. The van der Waals surface area contributed by atoms with E-state index in [1.54, 1.807) is 0 Å². The molecule has 1 aliphatic carbocycles. The van der Waals surface area contributed by atoms with Crippen LogP contribution in [0.2, 0.25) is 0 Å². The van der Waals surface area contributed by atoms with Gasteiger partial charge in [-0.25, -0.2) is 0 Å². The van der Waals surface area contributed by atoms with Gasteiger partial charge in [-0.1, -0.05) is 6.42 Å². The van der Waals surface area contributed by atoms with Crippen molar-refractivity contribution in [2.45, 2.75) is 31.8 Å². The van der Waals surface area contributed by atoms with E-state index in [9.17, 15) is 5.11 Å². The molecule has 3 atom stereocenters. The molecular formula is C10H19NO. The topological polar surface area (TPSA) is 23.5 Å². The highest BCUT2D eigenvalue weighted by atomic mass is 16.3. The number of hydrogen-bond acceptors (Lipinski definition) is 2. The molecule has 0 aromatic carbocycles. The van der Waals surface area contributed by atoms with Gasteiger partial charge in [-0.2, -0.15) is 0 Å². The molecular weight excluding hydrogens is 150 g/mol. The molecule has 1 N–H and O–H groups in total. The van der Waals surface area contributed by atoms with Crippen molar-refractivity contribution in [3.63, 3.8) is 0 Å². The zero-order valence-electron chi connectivity index (χ0n) is 7.87. The van der Waals surface area contributed by atoms with Crippen LogP contribution in [0.15, 0.2) is 0 Å². The Balaban J connectivity index is 2.00. The summed E-state index contributed by atoms with van der Waals surface area (Å²) in [4.78, 5) is 2.36. The lowest BCUT2D eigenvalue weighted by molar-refractivity contribution is -0.0110. The SMILES string of the molecule is CN1CC[C@H]2CCCC(O)[C@@H]2C1. The maximum atomic E-state index is 9.80. The van der Waals surface area contributed by atoms with Crippen molar-refractivity contribution < 1.29 is 5.11 Å². The molecule has 0 aromatic rings. The molecule has 2 fully saturated rings. The van der Waals surface area contributed by atoms with Crippen LogP contribution in [-0.2, 0) is 0 Å². The van der Waals surface area contributed by atoms with Crippen molar-refractivity contribution >= 4 is 0 Å². The van der Waals surface area contributed by atoms with Crippen LogP contribution < -0.4 is 0 Å². The molecule has 2 nitrogen and oxygen atoms in total. The van der Waals surface area contributed by atoms with Gasteiger partial charge in [0.15, 0.2) is 0 Å². The van der Waals surface area contributed by atoms with Crippen LogP contribution in [0.1, 0.15) is 25.7 Å². The van der Waals surface area contributed by atoms with Crippen molar-refractivity contribution in [3.8, 4) is 0 Å². The van der Waals surface area contributed by atoms with E-state index < -0.39 is 0 Å². The monoisotopic (exact) mass is 169 g/mol. The van der Waals surface area contributed by atoms with Gasteiger partial charge in [0.2, 0.25) is 0 Å². The average Bonchev–Trinajstić information content (AvgIpc) is 2.07. The maximum absolute atomic E-state index is 9.80. The molecule has 1 saturated carbocycles. The molecule has 1 heterocycles. The number of likely N-dealkylation sites (tertiary alicyclic amines) is 1. The number of rotatable bonds is 0. The molecule has 12 heavy (non-hydrogen) atoms. The number of fused-ring (bicyclic) bond motifs is 1. The fourth-order valence-electron chi connectivity index (χ4n) is 2.80. The number of aliphatic hydroxyl groups is 1. The normalized spacial score (nSPS) is 44.0. The minimum absolute atomic E-state index is 0.00787. The molecule has 1 unspecified atom stereocenters. The van der Waals surface area contributed by atoms with Gasteiger partial charge in [-0.3, -0.25) is 0 Å². The molecule has 0 spiro atoms. The third kappa shape index (κ3) is 1.50. The average molecular weight is 169 g/mol. The Bertz CT molecular complexity index is 160. The predicted molar refractivity (Wildman–Crippen MR) is 49.0 cm³/mol. The van der Waals surface area contributed by atoms with E-state index in [1.165, 1.54) is 25.8 Å². The number of piperidine rings is 1. The molecule has 2 aliphatic rings. The molecule has 0 amide bonds. The molecule has 0 bridgehead atoms. The van der Waals surface area contributed by atoms with E-state index in [4.69, 9.17) is 0 Å². The van der Waals surface area contributed by atoms with Crippen molar-refractivity contribution in [1.82, 2.24) is 4.90 Å². The van der Waals surface area contributed by atoms with Crippen molar-refractivity contribution in [2.24, 2.45) is 11.8 Å². The van der Waals surface area contributed by atoms with E-state index in [-0.39, 0.29) is 6.10 Å². The molecule has 2 rings (SSSR count). The van der Waals surface area contributed by atoms with Gasteiger partial charge >= 0.3 is 0 Å². The minimum Gasteiger partial charge on any atom is -0.393 e. The number of hydrogen-bond donors (Lipinski definition) is 1. The van der Waals surface area contributed by atoms with Crippen LogP contribution in [0.3, 0.4) is 0 Å². The lowest BCUT2D eigenvalue weighted by Crippen LogP contribution is -2.45. The zero-order valence-corrected chi connectivity index (χ0v) is 7.87. The molecule has 70 valence electrons. The summed E-state index contributed by atoms with van der Waals surface area (Å²) < 4.78 is 0. The molecule has 1 saturated heterocycles. The summed E-state index contributed by atoms with van der Waals surface area (Å²) in [5, 5.41) is 9.80. The predicted octanol–water partition coefficient (Wildman–Crippen LogP) is 1.10. The second-order valence-corrected chi connectivity index (χ2v) is 4.47. The van der Waals surface area contributed by atoms with Gasteiger partial charge in [-0.05, 0) is 38.8 Å². The Hall–Kier alpha value is -0.0800. The van der Waals surface area contributed by atoms with E-state index in [2.05, 4.69) is 11.9 Å². The van der Waals surface area contributed by atoms with E-state index in [1.807, 2.05) is 0 Å². The number of aliphatic hydroxyl groups excluding tert-OH is 1. The molecule has 0 radical (unpaired) electrons. The number of nitrogens with zero attached hydrogens (tertiary/aromatic N) is 1. The standard InChI is InChI=1S/C10H19NO/c1-11-6-5-8-3-2-4-10(12)9(8)7-11/h8-10,12H,2-7H2,1H3/t8-,9-,10?/m1/s1. The quantitative estimate of drug-likeness (QED) is 0.587. The third-order valence-corrected chi connectivity index (χ3v) is 3.58. The first kappa shape index (κ1) is 8.52. The third-order valence-electron chi connectivity index (χ3n) is 3.58. The van der Waals surface area contributed by atoms with Gasteiger partial charge in [-0.15, -0.1) is 0 Å². The smallest absolute Gasteiger partial charge is 0.0583 e. The van der Waals surface area contributed by atoms with Gasteiger partial charge in [0.1, 0.15) is 0 Å². The van der Waals surface area contributed by atoms with Crippen molar-refractivity contribution in [2.75, 3.05) is 20.1 Å². The Kier molecular flexibility index (Phi) is 2.37. The van der Waals surface area contributed by atoms with Crippen LogP contribution in [-0.4, -0.2) is 36.2 Å². The van der Waals surface area contributed by atoms with Crippen LogP contribution in [0.5, 0.6) is 0 Å². The fraction of sp³-hybridized carbons (Fsp3) is 1.00. The second kappa shape index (κ2) is 3.35. The molecule has 1 aliphatic heterocycles. The van der Waals surface area contributed by atoms with Crippen LogP contribution in [0, 0.1) is 11.8 Å². The summed E-state index contributed by atoms with van der Waals surface area (Å²) in [5.41, 5.74) is 0. The second-order valence-electron chi connectivity index (χ2n) is 4.47. The van der Waals surface area contributed by atoms with Gasteiger partial charge < -0.3 is 10.0 Å². The maximum Gasteiger partial charge on any atom is 0.0583 e. The van der Waals surface area contributed by atoms with Gasteiger partial charge in [0.25, 0.3) is 0 Å². The minimum atomic E-state index is -0.00787. The van der Waals surface area contributed by atoms with Crippen LogP contribution in [0.4, 0.5) is 0 Å². The Morgan fingerprint density at radius 1 is 1.25 bits per heavy atom. The highest BCUT2D eigenvalue weighted by molar-refractivity contribution is 4.87. The van der Waals surface area contributed by atoms with E-state index in [0.717, 1.165) is 18.9 Å². The lowest BCUT2D eigenvalue weighted by atomic mass is 9.73. The Morgan fingerprint density at radius 2 is 2.08 bits per heavy atom. The van der Waals surface area contributed by atoms with Gasteiger partial charge in [0.05, 0.1) is 6.10 Å². The van der Waals surface area contributed by atoms with Gasteiger partial charge in [0, 0.05) is 12.5 Å². The summed E-state index contributed by atoms with van der Waals surface area (Å²) in [6.07, 6.45) is 4.93. The highest BCUT2D eigenvalue weighted by Gasteiger charge is 2.35. The molecule has 0 aromatic heterocycles. The van der Waals surface area contributed by atoms with Crippen LogP contribution >= 0.6 is 0 Å². The zero-order chi connectivity index (χ0) is 8.55. The first-order valence-corrected chi connectivity index (χ1v) is 5.14. The van der Waals surface area contributed by atoms with E-state index >= 15 is 0 Å². The summed E-state index contributed by atoms with van der Waals surface area (Å²) in [6, 6.07) is 0. The Labute approximate surface area is 74.6 Å². The summed E-state index contributed by atoms with van der Waals surface area (Å²) in [5.74, 6) is 1.41. The largest absolute Gasteiger partial charge is 0.393 e. The van der Waals surface area contributed by atoms with Crippen LogP contribution in [0.25, 0.3) is 0 Å². The summed E-state index contributed by atoms with van der Waals surface area (Å²) >= 11 is 0. The summed E-state index contributed by atoms with van der Waals surface area (Å²) in [6.45, 7) is 2.35. The first-order valence-electron chi connectivity index (χ1n) is 5.14. The summed E-state index contributed by atoms with van der Waals surface area (Å²) in [7, 11) is 2.16. The molecule has 2 heteroatoms. The fourth-order valence-corrected chi connectivity index (χ4v) is 2.80. The Morgan fingerprint density at radius 3 is 2.92 bits per heavy atom. The highest BCUT2D eigenvalue weighted by Crippen LogP contribution is 2.35. The van der Waals surface area contributed by atoms with Crippen molar-refractivity contribution in [1.29, 1.82) is 0 Å². The van der Waals surface area contributed by atoms with E-state index in [0.29, 0.717) is 5.92 Å². The van der Waals surface area contributed by atoms with Crippen molar-refractivity contribution in [3.05, 3.63) is 0 Å². The first-order chi connectivity index (χ1) is 5.77.